The Bertz CT molecular complexity index is 979. The number of carbonyl (C=O) groups is 1. The second-order valence-corrected chi connectivity index (χ2v) is 7.89. The summed E-state index contributed by atoms with van der Waals surface area (Å²) < 4.78 is 10.9. The van der Waals surface area contributed by atoms with E-state index in [4.69, 9.17) is 14.9 Å². The zero-order valence-corrected chi connectivity index (χ0v) is 17.6. The lowest BCUT2D eigenvalue weighted by Crippen LogP contribution is -2.35. The number of amides is 1. The molecule has 0 aliphatic carbocycles. The van der Waals surface area contributed by atoms with Crippen LogP contribution in [0.25, 0.3) is 6.08 Å². The summed E-state index contributed by atoms with van der Waals surface area (Å²) in [4.78, 5) is 19.0. The van der Waals surface area contributed by atoms with Crippen molar-refractivity contribution < 1.29 is 14.3 Å². The summed E-state index contributed by atoms with van der Waals surface area (Å²) in [7, 11) is 1.55. The zero-order chi connectivity index (χ0) is 21.1. The molecule has 3 aliphatic heterocycles. The first-order chi connectivity index (χ1) is 14.6. The summed E-state index contributed by atoms with van der Waals surface area (Å²) in [6, 6.07) is 5.32. The van der Waals surface area contributed by atoms with Gasteiger partial charge < -0.3 is 14.4 Å². The summed E-state index contributed by atoms with van der Waals surface area (Å²) in [5, 5.41) is 15.8. The number of thioether (sulfide) groups is 1. The molecule has 3 aliphatic rings. The highest BCUT2D eigenvalue weighted by Gasteiger charge is 2.37. The number of nitrogens with zero attached hydrogens (tertiary/aromatic N) is 4. The monoisotopic (exact) mass is 425 g/mol. The van der Waals surface area contributed by atoms with Gasteiger partial charge in [-0.25, -0.2) is 0 Å². The van der Waals surface area contributed by atoms with Crippen LogP contribution in [0.5, 0.6) is 11.5 Å². The fourth-order valence-corrected chi connectivity index (χ4v) is 4.35. The third kappa shape index (κ3) is 3.97. The molecule has 0 radical (unpaired) electrons. The van der Waals surface area contributed by atoms with Gasteiger partial charge in [0, 0.05) is 13.1 Å². The van der Waals surface area contributed by atoms with Gasteiger partial charge >= 0.3 is 0 Å². The molecule has 1 fully saturated rings. The molecule has 0 spiro atoms. The Hall–Kier alpha value is -3.07. The van der Waals surface area contributed by atoms with Gasteiger partial charge in [-0.2, -0.15) is 10.0 Å². The smallest absolute Gasteiger partial charge is 0.283 e. The van der Waals surface area contributed by atoms with Crippen LogP contribution in [0.4, 0.5) is 0 Å². The molecular weight excluding hydrogens is 402 g/mol. The van der Waals surface area contributed by atoms with Crippen molar-refractivity contribution in [1.82, 2.24) is 9.91 Å². The molecule has 3 heterocycles. The standard InChI is InChI=1S/C21H23N5O3S/c1-3-11-29-16-8-7-14(13-17(16)28-2)12-15-18(22)26-20(23-19(15)27)30-21(24-26)25-9-5-4-6-10-25/h3,7-8,12-13,22H,1,4-6,9-11H2,2H3/b15-12-,22-18?. The molecule has 9 heteroatoms. The number of carbonyl (C=O) groups excluding carboxylic acids is 1. The zero-order valence-electron chi connectivity index (χ0n) is 16.8. The van der Waals surface area contributed by atoms with Crippen molar-refractivity contribution in [2.24, 2.45) is 10.1 Å². The molecule has 156 valence electrons. The predicted octanol–water partition coefficient (Wildman–Crippen LogP) is 3.32. The Labute approximate surface area is 179 Å². The van der Waals surface area contributed by atoms with E-state index < -0.39 is 5.91 Å². The minimum Gasteiger partial charge on any atom is -0.493 e. The van der Waals surface area contributed by atoms with Crippen molar-refractivity contribution in [2.45, 2.75) is 19.3 Å². The number of nitrogens with one attached hydrogen (secondary N) is 1. The molecule has 1 aromatic rings. The number of methoxy groups -OCH3 is 1. The highest BCUT2D eigenvalue weighted by atomic mass is 32.2. The number of hydrogen-bond donors (Lipinski definition) is 1. The minimum atomic E-state index is -0.445. The molecule has 0 bridgehead atoms. The number of rotatable bonds is 5. The maximum atomic E-state index is 12.6. The SMILES string of the molecule is C=CCOc1ccc(/C=C2/C(=N)N3N=C(N4CCCCC4)SC3=NC2=O)cc1OC. The summed E-state index contributed by atoms with van der Waals surface area (Å²) in [5.74, 6) is 0.694. The van der Waals surface area contributed by atoms with Gasteiger partial charge in [0.2, 0.25) is 5.17 Å². The molecular formula is C21H23N5O3S. The van der Waals surface area contributed by atoms with Gasteiger partial charge in [0.1, 0.15) is 6.61 Å². The van der Waals surface area contributed by atoms with E-state index in [1.165, 1.54) is 23.2 Å². The van der Waals surface area contributed by atoms with Crippen LogP contribution in [0.1, 0.15) is 24.8 Å². The molecule has 1 N–H and O–H groups in total. The normalized spacial score (nSPS) is 20.1. The Morgan fingerprint density at radius 2 is 2.03 bits per heavy atom. The highest BCUT2D eigenvalue weighted by molar-refractivity contribution is 8.26. The quantitative estimate of drug-likeness (QED) is 0.575. The van der Waals surface area contributed by atoms with Crippen molar-refractivity contribution in [3.63, 3.8) is 0 Å². The summed E-state index contributed by atoms with van der Waals surface area (Å²) >= 11 is 1.35. The van der Waals surface area contributed by atoms with Crippen LogP contribution in [0.2, 0.25) is 0 Å². The Morgan fingerprint density at radius 3 is 2.77 bits per heavy atom. The van der Waals surface area contributed by atoms with E-state index in [1.807, 2.05) is 0 Å². The highest BCUT2D eigenvalue weighted by Crippen LogP contribution is 2.32. The molecule has 1 amide bonds. The average Bonchev–Trinajstić information content (AvgIpc) is 3.20. The first-order valence-corrected chi connectivity index (χ1v) is 10.6. The van der Waals surface area contributed by atoms with Crippen LogP contribution in [0.15, 0.2) is 46.5 Å². The second-order valence-electron chi connectivity index (χ2n) is 6.96. The third-order valence-electron chi connectivity index (χ3n) is 4.93. The number of piperidine rings is 1. The van der Waals surface area contributed by atoms with Crippen LogP contribution in [-0.4, -0.2) is 58.8 Å². The number of likely N-dealkylation sites (tertiary alicyclic amines) is 1. The maximum absolute atomic E-state index is 12.6. The molecule has 0 aromatic heterocycles. The Balaban J connectivity index is 1.59. The molecule has 8 nitrogen and oxygen atoms in total. The average molecular weight is 426 g/mol. The van der Waals surface area contributed by atoms with Gasteiger partial charge in [-0.05, 0) is 54.8 Å². The van der Waals surface area contributed by atoms with Crippen molar-refractivity contribution in [2.75, 3.05) is 26.8 Å². The van der Waals surface area contributed by atoms with Crippen molar-refractivity contribution in [3.05, 3.63) is 42.0 Å². The van der Waals surface area contributed by atoms with Crippen LogP contribution in [-0.2, 0) is 4.79 Å². The summed E-state index contributed by atoms with van der Waals surface area (Å²) in [5.41, 5.74) is 0.890. The number of fused-ring (bicyclic) bond motifs is 1. The number of amidine groups is 3. The molecule has 1 saturated heterocycles. The molecule has 1 aromatic carbocycles. The van der Waals surface area contributed by atoms with Gasteiger partial charge in [0.15, 0.2) is 22.5 Å². The topological polar surface area (TPSA) is 90.6 Å². The third-order valence-corrected chi connectivity index (χ3v) is 5.90. The van der Waals surface area contributed by atoms with Crippen molar-refractivity contribution in [3.8, 4) is 11.5 Å². The Kier molecular flexibility index (Phi) is 5.89. The van der Waals surface area contributed by atoms with Gasteiger partial charge in [-0.15, -0.1) is 5.10 Å². The summed E-state index contributed by atoms with van der Waals surface area (Å²) in [6.07, 6.45) is 6.76. The maximum Gasteiger partial charge on any atom is 0.283 e. The van der Waals surface area contributed by atoms with Crippen molar-refractivity contribution >= 4 is 39.9 Å². The van der Waals surface area contributed by atoms with Crippen LogP contribution < -0.4 is 9.47 Å². The largest absolute Gasteiger partial charge is 0.493 e. The van der Waals surface area contributed by atoms with E-state index in [9.17, 15) is 4.79 Å². The second kappa shape index (κ2) is 8.74. The number of ether oxygens (including phenoxy) is 2. The van der Waals surface area contributed by atoms with E-state index in [2.05, 4.69) is 21.6 Å². The van der Waals surface area contributed by atoms with Crippen LogP contribution in [0, 0.1) is 5.41 Å². The Morgan fingerprint density at radius 1 is 1.23 bits per heavy atom. The van der Waals surface area contributed by atoms with E-state index >= 15 is 0 Å². The van der Waals surface area contributed by atoms with E-state index in [0.717, 1.165) is 31.1 Å². The molecule has 4 rings (SSSR count). The van der Waals surface area contributed by atoms with Gasteiger partial charge in [-0.3, -0.25) is 10.2 Å². The number of hydrogen-bond acceptors (Lipinski definition) is 7. The lowest BCUT2D eigenvalue weighted by molar-refractivity contribution is -0.114. The van der Waals surface area contributed by atoms with Crippen molar-refractivity contribution in [1.29, 1.82) is 5.41 Å². The molecule has 0 unspecified atom stereocenters. The van der Waals surface area contributed by atoms with E-state index in [0.29, 0.717) is 28.8 Å². The van der Waals surface area contributed by atoms with Gasteiger partial charge in [0.25, 0.3) is 5.91 Å². The van der Waals surface area contributed by atoms with Crippen LogP contribution >= 0.6 is 11.8 Å². The predicted molar refractivity (Wildman–Crippen MR) is 119 cm³/mol. The lowest BCUT2D eigenvalue weighted by Gasteiger charge is -2.26. The van der Waals surface area contributed by atoms with E-state index in [-0.39, 0.29) is 11.4 Å². The van der Waals surface area contributed by atoms with Gasteiger partial charge in [0.05, 0.1) is 12.7 Å². The number of benzene rings is 1. The number of aliphatic imine (C=N–C) groups is 1. The first kappa shape index (κ1) is 20.2. The molecule has 0 atom stereocenters. The van der Waals surface area contributed by atoms with Crippen LogP contribution in [0.3, 0.4) is 0 Å². The minimum absolute atomic E-state index is 0.0236. The van der Waals surface area contributed by atoms with E-state index in [1.54, 1.807) is 37.5 Å². The first-order valence-electron chi connectivity index (χ1n) is 9.77. The fourth-order valence-electron chi connectivity index (χ4n) is 3.40. The van der Waals surface area contributed by atoms with Gasteiger partial charge in [-0.1, -0.05) is 18.7 Å². The molecule has 30 heavy (non-hydrogen) atoms. The number of hydrazone groups is 1. The fraction of sp³-hybridized carbons (Fsp3) is 0.333. The lowest BCUT2D eigenvalue weighted by atomic mass is 10.1. The molecule has 0 saturated carbocycles. The summed E-state index contributed by atoms with van der Waals surface area (Å²) in [6.45, 7) is 5.88.